The number of rotatable bonds is 4. The van der Waals surface area contributed by atoms with Gasteiger partial charge in [-0.1, -0.05) is 0 Å². The molecule has 2 rings (SSSR count). The van der Waals surface area contributed by atoms with Crippen LogP contribution in [-0.4, -0.2) is 28.1 Å². The highest BCUT2D eigenvalue weighted by molar-refractivity contribution is 9.10. The monoisotopic (exact) mass is 314 g/mol. The molecule has 0 bridgehead atoms. The highest BCUT2D eigenvalue weighted by atomic mass is 79.9. The molecule has 0 spiro atoms. The van der Waals surface area contributed by atoms with Crippen LogP contribution >= 0.6 is 15.9 Å². The number of nitro groups is 1. The van der Waals surface area contributed by atoms with Gasteiger partial charge in [0.05, 0.1) is 21.5 Å². The Balaban J connectivity index is 2.21. The van der Waals surface area contributed by atoms with Gasteiger partial charge in [0.1, 0.15) is 0 Å². The normalized spacial score (nSPS) is 16.1. The molecule has 1 aliphatic carbocycles. The Morgan fingerprint density at radius 3 is 2.72 bits per heavy atom. The molecular weight excluding hydrogens is 304 g/mol. The topological polar surface area (TPSA) is 92.5 Å². The van der Waals surface area contributed by atoms with Crippen LogP contribution in [-0.2, 0) is 0 Å². The maximum atomic E-state index is 11.9. The van der Waals surface area contributed by atoms with Crippen LogP contribution in [0.5, 0.6) is 0 Å². The summed E-state index contributed by atoms with van der Waals surface area (Å²) in [4.78, 5) is 22.1. The Labute approximate surface area is 111 Å². The van der Waals surface area contributed by atoms with E-state index in [1.54, 1.807) is 0 Å². The van der Waals surface area contributed by atoms with Gasteiger partial charge in [0, 0.05) is 11.6 Å². The van der Waals surface area contributed by atoms with Crippen molar-refractivity contribution in [3.63, 3.8) is 0 Å². The van der Waals surface area contributed by atoms with Crippen LogP contribution < -0.4 is 5.32 Å². The summed E-state index contributed by atoms with van der Waals surface area (Å²) in [6.45, 7) is -0.114. The van der Waals surface area contributed by atoms with Gasteiger partial charge in [0.2, 0.25) is 0 Å². The zero-order chi connectivity index (χ0) is 13.3. The fraction of sp³-hybridized carbons (Fsp3) is 0.364. The fourth-order valence-corrected chi connectivity index (χ4v) is 1.97. The van der Waals surface area contributed by atoms with Gasteiger partial charge in [-0.05, 0) is 40.9 Å². The molecular formula is C11H11BrN2O4. The fourth-order valence-electron chi connectivity index (χ4n) is 1.58. The van der Waals surface area contributed by atoms with Crippen LogP contribution in [0.25, 0.3) is 0 Å². The third-order valence-corrected chi connectivity index (χ3v) is 3.61. The van der Waals surface area contributed by atoms with Gasteiger partial charge >= 0.3 is 0 Å². The van der Waals surface area contributed by atoms with Crippen LogP contribution in [0.4, 0.5) is 5.69 Å². The second-order valence-corrected chi connectivity index (χ2v) is 5.17. The lowest BCUT2D eigenvalue weighted by Gasteiger charge is -2.14. The Hall–Kier alpha value is -1.47. The number of amides is 1. The standard InChI is InChI=1S/C11H11BrN2O4/c12-8-2-1-7(5-9(8)14(17)18)10(16)13-11(6-15)3-4-11/h1-2,5,15H,3-4,6H2,(H,13,16). The molecule has 6 nitrogen and oxygen atoms in total. The number of hydrogen-bond donors (Lipinski definition) is 2. The van der Waals surface area contributed by atoms with Crippen molar-refractivity contribution in [1.82, 2.24) is 5.32 Å². The summed E-state index contributed by atoms with van der Waals surface area (Å²) < 4.78 is 0.326. The van der Waals surface area contributed by atoms with Gasteiger partial charge in [0.15, 0.2) is 0 Å². The number of benzene rings is 1. The van der Waals surface area contributed by atoms with Gasteiger partial charge in [-0.25, -0.2) is 0 Å². The third-order valence-electron chi connectivity index (χ3n) is 2.94. The summed E-state index contributed by atoms with van der Waals surface area (Å²) in [6.07, 6.45) is 1.46. The van der Waals surface area contributed by atoms with Crippen LogP contribution in [0, 0.1) is 10.1 Å². The molecule has 0 saturated heterocycles. The van der Waals surface area contributed by atoms with Crippen molar-refractivity contribution in [1.29, 1.82) is 0 Å². The maximum Gasteiger partial charge on any atom is 0.284 e. The zero-order valence-electron chi connectivity index (χ0n) is 9.35. The molecule has 0 unspecified atom stereocenters. The van der Waals surface area contributed by atoms with Gasteiger partial charge in [-0.15, -0.1) is 0 Å². The predicted molar refractivity (Wildman–Crippen MR) is 67.3 cm³/mol. The van der Waals surface area contributed by atoms with Gasteiger partial charge in [-0.2, -0.15) is 0 Å². The van der Waals surface area contributed by atoms with E-state index in [0.29, 0.717) is 4.47 Å². The summed E-state index contributed by atoms with van der Waals surface area (Å²) >= 11 is 3.05. The Bertz CT molecular complexity index is 514. The Morgan fingerprint density at radius 1 is 1.56 bits per heavy atom. The maximum absolute atomic E-state index is 11.9. The number of hydrogen-bond acceptors (Lipinski definition) is 4. The molecule has 0 atom stereocenters. The van der Waals surface area contributed by atoms with Crippen molar-refractivity contribution in [2.24, 2.45) is 0 Å². The molecule has 2 N–H and O–H groups in total. The first kappa shape index (κ1) is 13.0. The van der Waals surface area contributed by atoms with Gasteiger partial charge in [0.25, 0.3) is 11.6 Å². The lowest BCUT2D eigenvalue weighted by molar-refractivity contribution is -0.385. The van der Waals surface area contributed by atoms with E-state index in [1.165, 1.54) is 18.2 Å². The highest BCUT2D eigenvalue weighted by Crippen LogP contribution is 2.35. The molecule has 1 amide bonds. The van der Waals surface area contributed by atoms with Crippen molar-refractivity contribution < 1.29 is 14.8 Å². The van der Waals surface area contributed by atoms with E-state index in [0.717, 1.165) is 12.8 Å². The molecule has 7 heteroatoms. The first-order valence-corrected chi connectivity index (χ1v) is 6.14. The molecule has 0 aliphatic heterocycles. The molecule has 0 aromatic heterocycles. The van der Waals surface area contributed by atoms with Crippen LogP contribution in [0.3, 0.4) is 0 Å². The Kier molecular flexibility index (Phi) is 3.36. The summed E-state index contributed by atoms with van der Waals surface area (Å²) in [7, 11) is 0. The van der Waals surface area contributed by atoms with Crippen molar-refractivity contribution in [3.05, 3.63) is 38.3 Å². The van der Waals surface area contributed by atoms with Gasteiger partial charge in [-0.3, -0.25) is 14.9 Å². The number of carbonyl (C=O) groups is 1. The number of aliphatic hydroxyl groups is 1. The average Bonchev–Trinajstić information content (AvgIpc) is 3.09. The number of nitrogens with one attached hydrogen (secondary N) is 1. The molecule has 1 aliphatic rings. The Morgan fingerprint density at radius 2 is 2.22 bits per heavy atom. The summed E-state index contributed by atoms with van der Waals surface area (Å²) in [5.41, 5.74) is -0.472. The zero-order valence-corrected chi connectivity index (χ0v) is 10.9. The minimum absolute atomic E-state index is 0.114. The molecule has 1 aromatic carbocycles. The van der Waals surface area contributed by atoms with Crippen molar-refractivity contribution >= 4 is 27.5 Å². The van der Waals surface area contributed by atoms with E-state index in [2.05, 4.69) is 21.2 Å². The summed E-state index contributed by atoms with van der Waals surface area (Å²) in [5, 5.41) is 22.6. The highest BCUT2D eigenvalue weighted by Gasteiger charge is 2.43. The van der Waals surface area contributed by atoms with E-state index in [1.807, 2.05) is 0 Å². The summed E-state index contributed by atoms with van der Waals surface area (Å²) in [6, 6.07) is 4.18. The molecule has 96 valence electrons. The van der Waals surface area contributed by atoms with Gasteiger partial charge < -0.3 is 10.4 Å². The van der Waals surface area contributed by atoms with Crippen molar-refractivity contribution in [3.8, 4) is 0 Å². The second-order valence-electron chi connectivity index (χ2n) is 4.32. The largest absolute Gasteiger partial charge is 0.394 e. The minimum Gasteiger partial charge on any atom is -0.394 e. The average molecular weight is 315 g/mol. The molecule has 18 heavy (non-hydrogen) atoms. The SMILES string of the molecule is O=C(NC1(CO)CC1)c1ccc(Br)c([N+](=O)[O-])c1. The van der Waals surface area contributed by atoms with E-state index in [9.17, 15) is 14.9 Å². The smallest absolute Gasteiger partial charge is 0.284 e. The number of nitro benzene ring substituents is 1. The quantitative estimate of drug-likeness (QED) is 0.652. The van der Waals surface area contributed by atoms with E-state index < -0.39 is 16.4 Å². The second kappa shape index (κ2) is 4.66. The lowest BCUT2D eigenvalue weighted by atomic mass is 10.1. The number of nitrogens with zero attached hydrogens (tertiary/aromatic N) is 1. The molecule has 1 saturated carbocycles. The molecule has 0 heterocycles. The number of carbonyl (C=O) groups excluding carboxylic acids is 1. The van der Waals surface area contributed by atoms with E-state index in [4.69, 9.17) is 5.11 Å². The van der Waals surface area contributed by atoms with E-state index in [-0.39, 0.29) is 17.9 Å². The van der Waals surface area contributed by atoms with E-state index >= 15 is 0 Å². The molecule has 0 radical (unpaired) electrons. The lowest BCUT2D eigenvalue weighted by Crippen LogP contribution is -2.39. The first-order chi connectivity index (χ1) is 8.47. The molecule has 1 aromatic rings. The van der Waals surface area contributed by atoms with Crippen molar-refractivity contribution in [2.45, 2.75) is 18.4 Å². The number of aliphatic hydroxyl groups excluding tert-OH is 1. The van der Waals surface area contributed by atoms with Crippen LogP contribution in [0.15, 0.2) is 22.7 Å². The van der Waals surface area contributed by atoms with Crippen LogP contribution in [0.2, 0.25) is 0 Å². The van der Waals surface area contributed by atoms with Crippen LogP contribution in [0.1, 0.15) is 23.2 Å². The first-order valence-electron chi connectivity index (χ1n) is 5.35. The number of halogens is 1. The predicted octanol–water partition coefficient (Wildman–Crippen LogP) is 1.61. The third kappa shape index (κ3) is 2.51. The van der Waals surface area contributed by atoms with Crippen molar-refractivity contribution in [2.75, 3.05) is 6.61 Å². The summed E-state index contributed by atoms with van der Waals surface area (Å²) in [5.74, 6) is -0.405. The minimum atomic E-state index is -0.556. The molecule has 1 fully saturated rings.